The second kappa shape index (κ2) is 7.85. The molecule has 8 heteroatoms. The molecule has 0 fully saturated rings. The molecule has 0 amide bonds. The van der Waals surface area contributed by atoms with Crippen LogP contribution < -0.4 is 10.4 Å². The largest absolute Gasteiger partial charge is 0.422 e. The molecule has 0 unspecified atom stereocenters. The Hall–Kier alpha value is -3.71. The van der Waals surface area contributed by atoms with Gasteiger partial charge in [0.15, 0.2) is 11.4 Å². The van der Waals surface area contributed by atoms with Crippen LogP contribution in [0.2, 0.25) is 5.02 Å². The van der Waals surface area contributed by atoms with E-state index in [2.05, 4.69) is 5.16 Å². The highest BCUT2D eigenvalue weighted by molar-refractivity contribution is 6.33. The molecule has 31 heavy (non-hydrogen) atoms. The first-order chi connectivity index (χ1) is 14.8. The molecule has 0 bridgehead atoms. The molecule has 0 atom stereocenters. The van der Waals surface area contributed by atoms with Gasteiger partial charge < -0.3 is 13.7 Å². The number of fused-ring (bicyclic) bond motifs is 1. The number of Topliss-reactive ketones (excluding diaryl/α,β-unsaturated/α-hetero) is 1. The van der Waals surface area contributed by atoms with Crippen LogP contribution in [0.5, 0.6) is 5.75 Å². The van der Waals surface area contributed by atoms with Crippen molar-refractivity contribution in [3.8, 4) is 17.0 Å². The van der Waals surface area contributed by atoms with Crippen LogP contribution in [-0.2, 0) is 0 Å². The van der Waals surface area contributed by atoms with Crippen LogP contribution >= 0.6 is 11.6 Å². The number of carbonyl (C=O) groups is 2. The third-order valence-electron chi connectivity index (χ3n) is 4.83. The number of esters is 1. The van der Waals surface area contributed by atoms with Crippen LogP contribution in [0.4, 0.5) is 0 Å². The third-order valence-corrected chi connectivity index (χ3v) is 5.16. The van der Waals surface area contributed by atoms with Gasteiger partial charge in [0.25, 0.3) is 0 Å². The molecule has 4 rings (SSSR count). The van der Waals surface area contributed by atoms with Crippen molar-refractivity contribution in [3.63, 3.8) is 0 Å². The number of rotatable bonds is 4. The first kappa shape index (κ1) is 20.6. The molecule has 7 nitrogen and oxygen atoms in total. The molecule has 0 saturated heterocycles. The number of ether oxygens (including phenoxy) is 1. The molecule has 0 saturated carbocycles. The summed E-state index contributed by atoms with van der Waals surface area (Å²) >= 11 is 6.25. The van der Waals surface area contributed by atoms with E-state index in [4.69, 9.17) is 25.3 Å². The van der Waals surface area contributed by atoms with Crippen LogP contribution in [0.25, 0.3) is 22.2 Å². The molecular formula is C23H16ClNO6. The zero-order valence-electron chi connectivity index (χ0n) is 16.8. The predicted octanol–water partition coefficient (Wildman–Crippen LogP) is 5.14. The van der Waals surface area contributed by atoms with Crippen LogP contribution in [-0.4, -0.2) is 16.9 Å². The molecule has 2 aromatic carbocycles. The van der Waals surface area contributed by atoms with Gasteiger partial charge in [-0.05, 0) is 44.5 Å². The SMILES string of the molecule is CC(=O)c1c(OC(=O)c2c(-c3ccccc3Cl)noc2C)ccc2c(C)cc(=O)oc12. The van der Waals surface area contributed by atoms with E-state index in [9.17, 15) is 14.4 Å². The monoisotopic (exact) mass is 437 g/mol. The van der Waals surface area contributed by atoms with Crippen molar-refractivity contribution in [2.75, 3.05) is 0 Å². The lowest BCUT2D eigenvalue weighted by Gasteiger charge is -2.11. The van der Waals surface area contributed by atoms with Crippen molar-refractivity contribution < 1.29 is 23.3 Å². The lowest BCUT2D eigenvalue weighted by atomic mass is 10.0. The van der Waals surface area contributed by atoms with Crippen molar-refractivity contribution >= 4 is 34.3 Å². The molecule has 0 aliphatic rings. The van der Waals surface area contributed by atoms with Crippen LogP contribution in [0.15, 0.2) is 56.2 Å². The Morgan fingerprint density at radius 1 is 1.06 bits per heavy atom. The van der Waals surface area contributed by atoms with E-state index in [1.165, 1.54) is 19.1 Å². The summed E-state index contributed by atoms with van der Waals surface area (Å²) in [6.07, 6.45) is 0. The maximum absolute atomic E-state index is 13.1. The molecule has 156 valence electrons. The smallest absolute Gasteiger partial charge is 0.349 e. The molecule has 2 heterocycles. The second-order valence-electron chi connectivity index (χ2n) is 6.95. The lowest BCUT2D eigenvalue weighted by molar-refractivity contribution is 0.0732. The Labute approximate surface area is 181 Å². The van der Waals surface area contributed by atoms with Gasteiger partial charge in [-0.15, -0.1) is 0 Å². The Bertz CT molecular complexity index is 1420. The standard InChI is InChI=1S/C23H16ClNO6/c1-11-10-18(27)30-22-14(11)8-9-17(19(22)12(2)26)29-23(28)20-13(3)31-25-21(20)15-6-4-5-7-16(15)24/h4-10H,1-3H3. The molecule has 2 aromatic heterocycles. The number of aromatic nitrogens is 1. The molecule has 0 N–H and O–H groups in total. The van der Waals surface area contributed by atoms with Gasteiger partial charge in [-0.3, -0.25) is 4.79 Å². The minimum Gasteiger partial charge on any atom is -0.422 e. The number of hydrogen-bond acceptors (Lipinski definition) is 7. The van der Waals surface area contributed by atoms with E-state index >= 15 is 0 Å². The number of nitrogens with zero attached hydrogens (tertiary/aromatic N) is 1. The van der Waals surface area contributed by atoms with Gasteiger partial charge >= 0.3 is 11.6 Å². The minimum atomic E-state index is -0.787. The normalized spacial score (nSPS) is 11.0. The fourth-order valence-corrected chi connectivity index (χ4v) is 3.61. The van der Waals surface area contributed by atoms with Crippen molar-refractivity contribution in [3.05, 3.63) is 80.4 Å². The van der Waals surface area contributed by atoms with Gasteiger partial charge in [0.05, 0.1) is 5.02 Å². The number of halogens is 1. The summed E-state index contributed by atoms with van der Waals surface area (Å²) in [7, 11) is 0. The summed E-state index contributed by atoms with van der Waals surface area (Å²) < 4.78 is 16.0. The van der Waals surface area contributed by atoms with Gasteiger partial charge in [0.2, 0.25) is 0 Å². The second-order valence-corrected chi connectivity index (χ2v) is 7.36. The number of aryl methyl sites for hydroxylation is 2. The van der Waals surface area contributed by atoms with E-state index in [1.54, 1.807) is 44.2 Å². The highest BCUT2D eigenvalue weighted by Gasteiger charge is 2.27. The maximum atomic E-state index is 13.1. The van der Waals surface area contributed by atoms with Crippen molar-refractivity contribution in [2.45, 2.75) is 20.8 Å². The van der Waals surface area contributed by atoms with Crippen LogP contribution in [0, 0.1) is 13.8 Å². The van der Waals surface area contributed by atoms with Crippen LogP contribution in [0.1, 0.15) is 39.0 Å². The molecular weight excluding hydrogens is 422 g/mol. The summed E-state index contributed by atoms with van der Waals surface area (Å²) in [5.74, 6) is -1.02. The van der Waals surface area contributed by atoms with E-state index in [0.717, 1.165) is 0 Å². The van der Waals surface area contributed by atoms with Crippen molar-refractivity contribution in [2.24, 2.45) is 0 Å². The molecule has 4 aromatic rings. The number of hydrogen-bond donors (Lipinski definition) is 0. The molecule has 0 radical (unpaired) electrons. The number of ketones is 1. The highest BCUT2D eigenvalue weighted by atomic mass is 35.5. The Kier molecular flexibility index (Phi) is 5.20. The number of carbonyl (C=O) groups excluding carboxylic acids is 2. The summed E-state index contributed by atoms with van der Waals surface area (Å²) in [4.78, 5) is 37.3. The summed E-state index contributed by atoms with van der Waals surface area (Å²) in [6, 6.07) is 11.3. The third kappa shape index (κ3) is 3.64. The zero-order valence-corrected chi connectivity index (χ0v) is 17.6. The fraction of sp³-hybridized carbons (Fsp3) is 0.130. The van der Waals surface area contributed by atoms with Gasteiger partial charge in [-0.1, -0.05) is 35.0 Å². The van der Waals surface area contributed by atoms with Gasteiger partial charge in [-0.2, -0.15) is 0 Å². The first-order valence-electron chi connectivity index (χ1n) is 9.29. The average molecular weight is 438 g/mol. The van der Waals surface area contributed by atoms with Crippen LogP contribution in [0.3, 0.4) is 0 Å². The first-order valence-corrected chi connectivity index (χ1v) is 9.67. The lowest BCUT2D eigenvalue weighted by Crippen LogP contribution is -2.13. The molecule has 0 aliphatic carbocycles. The predicted molar refractivity (Wildman–Crippen MR) is 114 cm³/mol. The van der Waals surface area contributed by atoms with E-state index < -0.39 is 17.4 Å². The summed E-state index contributed by atoms with van der Waals surface area (Å²) in [6.45, 7) is 4.60. The fourth-order valence-electron chi connectivity index (χ4n) is 3.38. The Balaban J connectivity index is 1.83. The van der Waals surface area contributed by atoms with E-state index in [1.807, 2.05) is 0 Å². The van der Waals surface area contributed by atoms with E-state index in [-0.39, 0.29) is 33.9 Å². The van der Waals surface area contributed by atoms with Gasteiger partial charge in [0, 0.05) is 17.0 Å². The topological polar surface area (TPSA) is 99.6 Å². The molecule has 0 spiro atoms. The molecule has 0 aliphatic heterocycles. The Morgan fingerprint density at radius 3 is 2.52 bits per heavy atom. The van der Waals surface area contributed by atoms with Crippen molar-refractivity contribution in [1.29, 1.82) is 0 Å². The maximum Gasteiger partial charge on any atom is 0.349 e. The highest BCUT2D eigenvalue weighted by Crippen LogP contribution is 2.34. The van der Waals surface area contributed by atoms with Gasteiger partial charge in [0.1, 0.15) is 28.3 Å². The van der Waals surface area contributed by atoms with Crippen molar-refractivity contribution in [1.82, 2.24) is 5.16 Å². The van der Waals surface area contributed by atoms with Gasteiger partial charge in [-0.25, -0.2) is 9.59 Å². The average Bonchev–Trinajstić information content (AvgIpc) is 3.08. The Morgan fingerprint density at radius 2 is 1.81 bits per heavy atom. The minimum absolute atomic E-state index is 0.0000469. The van der Waals surface area contributed by atoms with E-state index in [0.29, 0.717) is 21.5 Å². The number of benzene rings is 2. The zero-order chi connectivity index (χ0) is 22.3. The summed E-state index contributed by atoms with van der Waals surface area (Å²) in [5, 5.41) is 4.91. The summed E-state index contributed by atoms with van der Waals surface area (Å²) in [5.41, 5.74) is 0.902. The quantitative estimate of drug-likeness (QED) is 0.188.